The number of nitrogens with one attached hydrogen (secondary N) is 1. The fourth-order valence-electron chi connectivity index (χ4n) is 2.78. The van der Waals surface area contributed by atoms with E-state index in [1.54, 1.807) is 6.20 Å². The Morgan fingerprint density at radius 3 is 3.26 bits per heavy atom. The van der Waals surface area contributed by atoms with E-state index >= 15 is 0 Å². The van der Waals surface area contributed by atoms with Crippen LogP contribution in [0.25, 0.3) is 5.78 Å². The molecule has 1 fully saturated rings. The zero-order valence-electron chi connectivity index (χ0n) is 11.4. The van der Waals surface area contributed by atoms with Crippen LogP contribution in [0.15, 0.2) is 24.7 Å². The van der Waals surface area contributed by atoms with Gasteiger partial charge in [0.2, 0.25) is 5.78 Å². The third-order valence-corrected chi connectivity index (χ3v) is 3.87. The van der Waals surface area contributed by atoms with Gasteiger partial charge in [-0.3, -0.25) is 9.30 Å². The standard InChI is InChI=1S/C14H21N5/c1-18(13-4-2-6-15-8-5-13)10-12-11-19-9-3-7-16-14(19)17-12/h3,7,9,11,13,15H,2,4-6,8,10H2,1H3. The molecule has 1 unspecified atom stereocenters. The SMILES string of the molecule is CN(Cc1cn2cccnc2n1)C1CCCNCC1. The number of hydrogen-bond acceptors (Lipinski definition) is 4. The fraction of sp³-hybridized carbons (Fsp3) is 0.571. The van der Waals surface area contributed by atoms with Gasteiger partial charge < -0.3 is 5.32 Å². The highest BCUT2D eigenvalue weighted by atomic mass is 15.2. The Bertz CT molecular complexity index is 494. The monoisotopic (exact) mass is 259 g/mol. The number of rotatable bonds is 3. The van der Waals surface area contributed by atoms with Gasteiger partial charge in [0.15, 0.2) is 0 Å². The molecule has 1 N–H and O–H groups in total. The Morgan fingerprint density at radius 2 is 2.37 bits per heavy atom. The maximum atomic E-state index is 4.57. The van der Waals surface area contributed by atoms with E-state index in [4.69, 9.17) is 0 Å². The molecular weight excluding hydrogens is 238 g/mol. The molecule has 5 heteroatoms. The molecule has 0 radical (unpaired) electrons. The summed E-state index contributed by atoms with van der Waals surface area (Å²) in [5, 5.41) is 3.46. The molecule has 3 rings (SSSR count). The highest BCUT2D eigenvalue weighted by Crippen LogP contribution is 2.14. The van der Waals surface area contributed by atoms with Crippen molar-refractivity contribution in [3.05, 3.63) is 30.4 Å². The summed E-state index contributed by atoms with van der Waals surface area (Å²) < 4.78 is 1.98. The third-order valence-electron chi connectivity index (χ3n) is 3.87. The molecule has 1 saturated heterocycles. The summed E-state index contributed by atoms with van der Waals surface area (Å²) in [5.74, 6) is 0.786. The summed E-state index contributed by atoms with van der Waals surface area (Å²) in [5.41, 5.74) is 1.10. The summed E-state index contributed by atoms with van der Waals surface area (Å²) >= 11 is 0. The van der Waals surface area contributed by atoms with Crippen LogP contribution >= 0.6 is 0 Å². The summed E-state index contributed by atoms with van der Waals surface area (Å²) in [6.07, 6.45) is 9.62. The Hall–Kier alpha value is -1.46. The first-order valence-electron chi connectivity index (χ1n) is 7.02. The maximum absolute atomic E-state index is 4.57. The molecule has 3 heterocycles. The summed E-state index contributed by atoms with van der Waals surface area (Å²) in [7, 11) is 2.20. The van der Waals surface area contributed by atoms with Gasteiger partial charge in [-0.2, -0.15) is 0 Å². The molecule has 1 atom stereocenters. The minimum atomic E-state index is 0.660. The second kappa shape index (κ2) is 5.67. The minimum absolute atomic E-state index is 0.660. The van der Waals surface area contributed by atoms with E-state index in [2.05, 4.69) is 33.4 Å². The minimum Gasteiger partial charge on any atom is -0.317 e. The third kappa shape index (κ3) is 2.93. The van der Waals surface area contributed by atoms with Crippen LogP contribution < -0.4 is 5.32 Å². The van der Waals surface area contributed by atoms with Gasteiger partial charge in [-0.15, -0.1) is 0 Å². The molecule has 19 heavy (non-hydrogen) atoms. The van der Waals surface area contributed by atoms with Gasteiger partial charge in [0.05, 0.1) is 5.69 Å². The lowest BCUT2D eigenvalue weighted by molar-refractivity contribution is 0.214. The Labute approximate surface area is 113 Å². The average molecular weight is 259 g/mol. The predicted molar refractivity (Wildman–Crippen MR) is 75.0 cm³/mol. The Balaban J connectivity index is 1.69. The Kier molecular flexibility index (Phi) is 3.75. The number of imidazole rings is 1. The van der Waals surface area contributed by atoms with E-state index < -0.39 is 0 Å². The van der Waals surface area contributed by atoms with Crippen LogP contribution in [0.1, 0.15) is 25.0 Å². The number of nitrogens with zero attached hydrogens (tertiary/aromatic N) is 4. The first kappa shape index (κ1) is 12.6. The average Bonchev–Trinajstić information content (AvgIpc) is 2.63. The summed E-state index contributed by atoms with van der Waals surface area (Å²) in [6.45, 7) is 3.18. The molecule has 102 valence electrons. The van der Waals surface area contributed by atoms with Crippen LogP contribution in [0.4, 0.5) is 0 Å². The lowest BCUT2D eigenvalue weighted by atomic mass is 10.1. The molecule has 1 aliphatic heterocycles. The quantitative estimate of drug-likeness (QED) is 0.902. The van der Waals surface area contributed by atoms with Crippen molar-refractivity contribution in [2.45, 2.75) is 31.8 Å². The number of aromatic nitrogens is 3. The van der Waals surface area contributed by atoms with Gasteiger partial charge in [-0.05, 0) is 45.5 Å². The van der Waals surface area contributed by atoms with Crippen molar-refractivity contribution in [1.29, 1.82) is 0 Å². The van der Waals surface area contributed by atoms with Crippen LogP contribution in [-0.2, 0) is 6.54 Å². The first-order valence-corrected chi connectivity index (χ1v) is 7.02. The number of fused-ring (bicyclic) bond motifs is 1. The van der Waals surface area contributed by atoms with Crippen molar-refractivity contribution in [3.63, 3.8) is 0 Å². The maximum Gasteiger partial charge on any atom is 0.233 e. The van der Waals surface area contributed by atoms with Gasteiger partial charge in [0, 0.05) is 31.2 Å². The van der Waals surface area contributed by atoms with Crippen molar-refractivity contribution in [2.75, 3.05) is 20.1 Å². The highest BCUT2D eigenvalue weighted by Gasteiger charge is 2.17. The fourth-order valence-corrected chi connectivity index (χ4v) is 2.78. The molecule has 1 aliphatic rings. The van der Waals surface area contributed by atoms with Gasteiger partial charge in [-0.25, -0.2) is 9.97 Å². The van der Waals surface area contributed by atoms with Crippen molar-refractivity contribution >= 4 is 5.78 Å². The van der Waals surface area contributed by atoms with E-state index in [1.165, 1.54) is 19.3 Å². The van der Waals surface area contributed by atoms with Crippen molar-refractivity contribution in [2.24, 2.45) is 0 Å². The van der Waals surface area contributed by atoms with E-state index in [0.717, 1.165) is 31.1 Å². The molecule has 0 spiro atoms. The largest absolute Gasteiger partial charge is 0.317 e. The zero-order valence-corrected chi connectivity index (χ0v) is 11.4. The second-order valence-corrected chi connectivity index (χ2v) is 5.31. The van der Waals surface area contributed by atoms with Gasteiger partial charge in [0.1, 0.15) is 0 Å². The van der Waals surface area contributed by atoms with E-state index in [0.29, 0.717) is 6.04 Å². The van der Waals surface area contributed by atoms with Crippen LogP contribution in [0.2, 0.25) is 0 Å². The first-order chi connectivity index (χ1) is 9.33. The second-order valence-electron chi connectivity index (χ2n) is 5.31. The van der Waals surface area contributed by atoms with E-state index in [-0.39, 0.29) is 0 Å². The smallest absolute Gasteiger partial charge is 0.233 e. The van der Waals surface area contributed by atoms with E-state index in [9.17, 15) is 0 Å². The van der Waals surface area contributed by atoms with Gasteiger partial charge >= 0.3 is 0 Å². The van der Waals surface area contributed by atoms with Crippen LogP contribution in [0, 0.1) is 0 Å². The topological polar surface area (TPSA) is 45.5 Å². The van der Waals surface area contributed by atoms with Crippen molar-refractivity contribution < 1.29 is 0 Å². The number of hydrogen-bond donors (Lipinski definition) is 1. The normalized spacial score (nSPS) is 20.8. The summed E-state index contributed by atoms with van der Waals surface area (Å²) in [6, 6.07) is 2.59. The van der Waals surface area contributed by atoms with Gasteiger partial charge in [-0.1, -0.05) is 0 Å². The molecule has 0 aromatic carbocycles. The van der Waals surface area contributed by atoms with Crippen LogP contribution in [0.5, 0.6) is 0 Å². The van der Waals surface area contributed by atoms with Crippen molar-refractivity contribution in [3.8, 4) is 0 Å². The predicted octanol–water partition coefficient (Wildman–Crippen LogP) is 1.30. The van der Waals surface area contributed by atoms with Crippen molar-refractivity contribution in [1.82, 2.24) is 24.6 Å². The molecule has 5 nitrogen and oxygen atoms in total. The molecule has 0 saturated carbocycles. The molecule has 2 aromatic rings. The van der Waals surface area contributed by atoms with Gasteiger partial charge in [0.25, 0.3) is 0 Å². The van der Waals surface area contributed by atoms with Crippen LogP contribution in [-0.4, -0.2) is 45.4 Å². The summed E-state index contributed by atoms with van der Waals surface area (Å²) in [4.78, 5) is 11.3. The molecule has 0 bridgehead atoms. The molecular formula is C14H21N5. The zero-order chi connectivity index (χ0) is 13.1. The highest BCUT2D eigenvalue weighted by molar-refractivity contribution is 5.29. The molecule has 0 aliphatic carbocycles. The lowest BCUT2D eigenvalue weighted by Crippen LogP contribution is -2.32. The van der Waals surface area contributed by atoms with E-state index in [1.807, 2.05) is 16.7 Å². The molecule has 2 aromatic heterocycles. The van der Waals surface area contributed by atoms with Crippen LogP contribution in [0.3, 0.4) is 0 Å². The lowest BCUT2D eigenvalue weighted by Gasteiger charge is -2.25. The molecule has 0 amide bonds. The Morgan fingerprint density at radius 1 is 1.42 bits per heavy atom.